The van der Waals surface area contributed by atoms with E-state index in [1.807, 2.05) is 5.32 Å². The lowest BCUT2D eigenvalue weighted by Crippen LogP contribution is -2.62. The Bertz CT molecular complexity index is 1660. The third-order valence-electron chi connectivity index (χ3n) is 7.62. The van der Waals surface area contributed by atoms with Gasteiger partial charge >= 0.3 is 18.0 Å². The zero-order valence-electron chi connectivity index (χ0n) is 25.6. The quantitative estimate of drug-likeness (QED) is 0.248. The second-order valence-corrected chi connectivity index (χ2v) is 11.4. The zero-order chi connectivity index (χ0) is 35.4. The highest BCUT2D eigenvalue weighted by molar-refractivity contribution is 6.04. The van der Waals surface area contributed by atoms with Crippen molar-refractivity contribution in [2.45, 2.75) is 50.4 Å². The van der Waals surface area contributed by atoms with Gasteiger partial charge in [-0.15, -0.1) is 0 Å². The third kappa shape index (κ3) is 7.26. The molecule has 0 saturated heterocycles. The van der Waals surface area contributed by atoms with Gasteiger partial charge in [0.15, 0.2) is 0 Å². The number of hydrogen-bond donors (Lipinski definition) is 1. The molecule has 3 amide bonds. The summed E-state index contributed by atoms with van der Waals surface area (Å²) in [4.78, 5) is 55.9. The van der Waals surface area contributed by atoms with Gasteiger partial charge in [0.05, 0.1) is 11.7 Å². The molecular weight excluding hydrogens is 647 g/mol. The van der Waals surface area contributed by atoms with Gasteiger partial charge in [0.25, 0.3) is 11.8 Å². The molecule has 1 heterocycles. The van der Waals surface area contributed by atoms with Gasteiger partial charge in [-0.25, -0.2) is 0 Å². The van der Waals surface area contributed by atoms with E-state index in [2.05, 4.69) is 0 Å². The third-order valence-corrected chi connectivity index (χ3v) is 7.62. The average molecular weight is 678 g/mol. The molecule has 1 N–H and O–H groups in total. The molecule has 0 aliphatic carbocycles. The van der Waals surface area contributed by atoms with Gasteiger partial charge in [0, 0.05) is 11.8 Å². The maximum atomic E-state index is 14.6. The number of Topliss-reactive ketones (excluding diaryl/α,β-unsaturated/α-hetero) is 1. The van der Waals surface area contributed by atoms with Crippen molar-refractivity contribution in [3.63, 3.8) is 0 Å². The number of nitrogens with one attached hydrogen (secondary N) is 1. The summed E-state index contributed by atoms with van der Waals surface area (Å²) in [6, 6.07) is 19.2. The second kappa shape index (κ2) is 14.0. The summed E-state index contributed by atoms with van der Waals surface area (Å²) in [5.41, 5.74) is 0.692. The molecular formula is C34H30F7N3O4. The molecule has 0 aromatic heterocycles. The van der Waals surface area contributed by atoms with E-state index in [1.165, 1.54) is 41.4 Å². The monoisotopic (exact) mass is 677 g/mol. The summed E-state index contributed by atoms with van der Waals surface area (Å²) in [7, 11) is 0. The van der Waals surface area contributed by atoms with Crippen molar-refractivity contribution in [2.24, 2.45) is 5.92 Å². The lowest BCUT2D eigenvalue weighted by molar-refractivity contribution is -0.343. The fourth-order valence-electron chi connectivity index (χ4n) is 5.20. The molecule has 48 heavy (non-hydrogen) atoms. The topological polar surface area (TPSA) is 86.8 Å². The summed E-state index contributed by atoms with van der Waals surface area (Å²) in [6.07, 6.45) is -6.30. The number of carbonyl (C=O) groups is 4. The summed E-state index contributed by atoms with van der Waals surface area (Å²) in [5.74, 6) is -19.0. The lowest BCUT2D eigenvalue weighted by Gasteiger charge is -2.41. The summed E-state index contributed by atoms with van der Waals surface area (Å²) in [5, 5.41) is 1.87. The minimum atomic E-state index is -6.78. The normalized spacial score (nSPS) is 16.4. The first kappa shape index (κ1) is 35.8. The van der Waals surface area contributed by atoms with Crippen LogP contribution in [-0.4, -0.2) is 70.0 Å². The summed E-state index contributed by atoms with van der Waals surface area (Å²) >= 11 is 0. The van der Waals surface area contributed by atoms with E-state index in [0.29, 0.717) is 5.56 Å². The first-order chi connectivity index (χ1) is 22.5. The van der Waals surface area contributed by atoms with E-state index >= 15 is 0 Å². The molecule has 1 aliphatic rings. The summed E-state index contributed by atoms with van der Waals surface area (Å²) in [6.45, 7) is 2.33. The number of amides is 3. The van der Waals surface area contributed by atoms with Crippen LogP contribution in [0.4, 0.5) is 30.7 Å². The smallest absolute Gasteiger partial charge is 0.344 e. The Morgan fingerprint density at radius 1 is 0.792 bits per heavy atom. The number of hydrogen-bond acceptors (Lipinski definition) is 4. The minimum absolute atomic E-state index is 0.0248. The van der Waals surface area contributed by atoms with Crippen LogP contribution in [0.2, 0.25) is 0 Å². The molecule has 0 radical (unpaired) electrons. The molecule has 0 saturated carbocycles. The number of rotatable bonds is 11. The van der Waals surface area contributed by atoms with Crippen molar-refractivity contribution in [1.82, 2.24) is 15.1 Å². The highest BCUT2D eigenvalue weighted by Gasteiger charge is 2.76. The molecule has 7 nitrogen and oxygen atoms in total. The number of alkyl halides is 7. The summed E-state index contributed by atoms with van der Waals surface area (Å²) < 4.78 is 95.9. The zero-order valence-corrected chi connectivity index (χ0v) is 25.6. The largest absolute Gasteiger partial charge is 0.460 e. The van der Waals surface area contributed by atoms with Crippen molar-refractivity contribution < 1.29 is 49.9 Å². The molecule has 2 unspecified atom stereocenters. The van der Waals surface area contributed by atoms with Gasteiger partial charge in [0.2, 0.25) is 11.7 Å². The standard InChI is InChI=1S/C34H30F7N3O4/c1-21(2)28-31(48)43(26(23-14-8-4-9-15-23)19-44(28)30(47)24-16-10-5-11-17-24)20-27(45)42-25(18-22-12-6-3-7-13-22)29(46)32(35,36)33(37,38)34(39,40)41/h3-17,19,21,25,28H,18,20H2,1-2H3,(H,42,45). The van der Waals surface area contributed by atoms with E-state index in [1.54, 1.807) is 74.5 Å². The highest BCUT2D eigenvalue weighted by atomic mass is 19.4. The Kier molecular flexibility index (Phi) is 10.5. The molecule has 3 aromatic rings. The van der Waals surface area contributed by atoms with Gasteiger partial charge in [-0.2, -0.15) is 30.7 Å². The maximum absolute atomic E-state index is 14.6. The number of carbonyl (C=O) groups excluding carboxylic acids is 4. The lowest BCUT2D eigenvalue weighted by atomic mass is 9.94. The number of halogens is 7. The van der Waals surface area contributed by atoms with Crippen LogP contribution in [0.25, 0.3) is 5.70 Å². The minimum Gasteiger partial charge on any atom is -0.344 e. The Balaban J connectivity index is 1.72. The van der Waals surface area contributed by atoms with Crippen LogP contribution < -0.4 is 5.32 Å². The van der Waals surface area contributed by atoms with Crippen LogP contribution in [0.5, 0.6) is 0 Å². The van der Waals surface area contributed by atoms with Gasteiger partial charge in [-0.3, -0.25) is 24.1 Å². The van der Waals surface area contributed by atoms with E-state index < -0.39 is 72.5 Å². The Labute approximate surface area is 271 Å². The first-order valence-corrected chi connectivity index (χ1v) is 14.6. The predicted molar refractivity (Wildman–Crippen MR) is 160 cm³/mol. The van der Waals surface area contributed by atoms with E-state index in [4.69, 9.17) is 0 Å². The fourth-order valence-corrected chi connectivity index (χ4v) is 5.20. The molecule has 254 valence electrons. The van der Waals surface area contributed by atoms with E-state index in [-0.39, 0.29) is 16.8 Å². The Morgan fingerprint density at radius 2 is 1.31 bits per heavy atom. The molecule has 0 bridgehead atoms. The molecule has 0 spiro atoms. The van der Waals surface area contributed by atoms with Gasteiger partial charge in [-0.05, 0) is 35.6 Å². The first-order valence-electron chi connectivity index (χ1n) is 14.6. The van der Waals surface area contributed by atoms with Crippen LogP contribution in [0, 0.1) is 5.92 Å². The van der Waals surface area contributed by atoms with Crippen LogP contribution in [0.3, 0.4) is 0 Å². The Morgan fingerprint density at radius 3 is 1.83 bits per heavy atom. The molecule has 1 aliphatic heterocycles. The Hall–Kier alpha value is -5.01. The molecule has 14 heteroatoms. The fraction of sp³-hybridized carbons (Fsp3) is 0.294. The maximum Gasteiger partial charge on any atom is 0.460 e. The van der Waals surface area contributed by atoms with Crippen LogP contribution in [0.1, 0.15) is 35.3 Å². The molecule has 0 fully saturated rings. The average Bonchev–Trinajstić information content (AvgIpc) is 3.05. The van der Waals surface area contributed by atoms with Crippen molar-refractivity contribution >= 4 is 29.2 Å². The van der Waals surface area contributed by atoms with Crippen molar-refractivity contribution in [2.75, 3.05) is 6.54 Å². The van der Waals surface area contributed by atoms with E-state index in [0.717, 1.165) is 4.90 Å². The number of benzene rings is 3. The van der Waals surface area contributed by atoms with Gasteiger partial charge in [-0.1, -0.05) is 92.7 Å². The van der Waals surface area contributed by atoms with E-state index in [9.17, 15) is 49.9 Å². The van der Waals surface area contributed by atoms with Crippen molar-refractivity contribution in [1.29, 1.82) is 0 Å². The molecule has 2 atom stereocenters. The number of nitrogens with zero attached hydrogens (tertiary/aromatic N) is 2. The SMILES string of the molecule is CC(C)C1C(=O)N(CC(=O)NC(Cc2ccccc2)C(=O)C(F)(F)C(F)(F)C(F)(F)F)C(c2ccccc2)=CN1C(=O)c1ccccc1. The predicted octanol–water partition coefficient (Wildman–Crippen LogP) is 6.12. The van der Waals surface area contributed by atoms with Crippen LogP contribution in [-0.2, 0) is 20.8 Å². The van der Waals surface area contributed by atoms with Gasteiger partial charge in [0.1, 0.15) is 12.6 Å². The second-order valence-electron chi connectivity index (χ2n) is 11.4. The van der Waals surface area contributed by atoms with Crippen molar-refractivity contribution in [3.05, 3.63) is 114 Å². The van der Waals surface area contributed by atoms with Crippen LogP contribution in [0.15, 0.2) is 97.2 Å². The van der Waals surface area contributed by atoms with Gasteiger partial charge < -0.3 is 10.2 Å². The molecule has 3 aromatic carbocycles. The molecule has 4 rings (SSSR count). The van der Waals surface area contributed by atoms with Crippen molar-refractivity contribution in [3.8, 4) is 0 Å². The highest BCUT2D eigenvalue weighted by Crippen LogP contribution is 2.47. The number of ketones is 1. The van der Waals surface area contributed by atoms with Crippen LogP contribution >= 0.6 is 0 Å².